The molecule has 120 valence electrons. The number of hydrogen-bond acceptors (Lipinski definition) is 4. The van der Waals surface area contributed by atoms with Crippen LogP contribution in [0.15, 0.2) is 4.99 Å². The SMILES string of the molecule is CN=C(NCC(=O)NC)N1CCN(C(C)(C)C(N)=O)CC1. The van der Waals surface area contributed by atoms with Crippen molar-refractivity contribution in [2.24, 2.45) is 10.7 Å². The topological polar surface area (TPSA) is 103 Å². The summed E-state index contributed by atoms with van der Waals surface area (Å²) in [5.41, 5.74) is 4.80. The van der Waals surface area contributed by atoms with Crippen molar-refractivity contribution in [2.75, 3.05) is 46.8 Å². The molecule has 1 aliphatic heterocycles. The molecule has 0 aromatic rings. The zero-order chi connectivity index (χ0) is 16.0. The number of nitrogens with two attached hydrogens (primary N) is 1. The summed E-state index contributed by atoms with van der Waals surface area (Å²) in [7, 11) is 3.28. The first kappa shape index (κ1) is 17.2. The van der Waals surface area contributed by atoms with Crippen LogP contribution in [0, 0.1) is 0 Å². The summed E-state index contributed by atoms with van der Waals surface area (Å²) in [6.45, 7) is 6.75. The van der Waals surface area contributed by atoms with Gasteiger partial charge in [0.05, 0.1) is 12.1 Å². The predicted octanol–water partition coefficient (Wildman–Crippen LogP) is -1.81. The number of amides is 2. The van der Waals surface area contributed by atoms with Crippen LogP contribution in [-0.4, -0.2) is 79.9 Å². The summed E-state index contributed by atoms with van der Waals surface area (Å²) in [4.78, 5) is 31.1. The predicted molar refractivity (Wildman–Crippen MR) is 81.8 cm³/mol. The molecule has 1 fully saturated rings. The van der Waals surface area contributed by atoms with Gasteiger partial charge >= 0.3 is 0 Å². The fourth-order valence-electron chi connectivity index (χ4n) is 2.21. The van der Waals surface area contributed by atoms with E-state index in [2.05, 4.69) is 25.4 Å². The van der Waals surface area contributed by atoms with E-state index in [9.17, 15) is 9.59 Å². The van der Waals surface area contributed by atoms with Crippen LogP contribution in [-0.2, 0) is 9.59 Å². The van der Waals surface area contributed by atoms with Gasteiger partial charge in [-0.25, -0.2) is 0 Å². The molecule has 1 aliphatic rings. The highest BCUT2D eigenvalue weighted by atomic mass is 16.2. The number of piperazine rings is 1. The van der Waals surface area contributed by atoms with Gasteiger partial charge in [0.15, 0.2) is 5.96 Å². The van der Waals surface area contributed by atoms with Crippen molar-refractivity contribution in [3.63, 3.8) is 0 Å². The van der Waals surface area contributed by atoms with E-state index < -0.39 is 5.54 Å². The quantitative estimate of drug-likeness (QED) is 0.419. The Hall–Kier alpha value is -1.83. The number of carbonyl (C=O) groups is 2. The number of likely N-dealkylation sites (N-methyl/N-ethyl adjacent to an activating group) is 1. The summed E-state index contributed by atoms with van der Waals surface area (Å²) in [5, 5.41) is 5.57. The largest absolute Gasteiger partial charge is 0.368 e. The van der Waals surface area contributed by atoms with Crippen LogP contribution in [0.1, 0.15) is 13.8 Å². The lowest BCUT2D eigenvalue weighted by atomic mass is 10.0. The van der Waals surface area contributed by atoms with Gasteiger partial charge in [-0.2, -0.15) is 0 Å². The van der Waals surface area contributed by atoms with Crippen molar-refractivity contribution in [2.45, 2.75) is 19.4 Å². The lowest BCUT2D eigenvalue weighted by Crippen LogP contribution is -2.61. The average molecular weight is 298 g/mol. The zero-order valence-electron chi connectivity index (χ0n) is 13.3. The average Bonchev–Trinajstić information content (AvgIpc) is 2.47. The minimum absolute atomic E-state index is 0.0929. The molecule has 1 heterocycles. The molecule has 0 aliphatic carbocycles. The molecule has 21 heavy (non-hydrogen) atoms. The fourth-order valence-corrected chi connectivity index (χ4v) is 2.21. The summed E-state index contributed by atoms with van der Waals surface area (Å²) < 4.78 is 0. The highest BCUT2D eigenvalue weighted by molar-refractivity contribution is 5.86. The molecule has 0 bridgehead atoms. The lowest BCUT2D eigenvalue weighted by Gasteiger charge is -2.43. The Kier molecular flexibility index (Phi) is 5.95. The number of primary amides is 1. The van der Waals surface area contributed by atoms with Gasteiger partial charge in [-0.15, -0.1) is 0 Å². The number of hydrogen-bond donors (Lipinski definition) is 3. The highest BCUT2D eigenvalue weighted by Gasteiger charge is 2.35. The monoisotopic (exact) mass is 298 g/mol. The lowest BCUT2D eigenvalue weighted by molar-refractivity contribution is -0.129. The molecule has 0 unspecified atom stereocenters. The van der Waals surface area contributed by atoms with Gasteiger partial charge < -0.3 is 21.3 Å². The summed E-state index contributed by atoms with van der Waals surface area (Å²) in [6.07, 6.45) is 0. The van der Waals surface area contributed by atoms with Gasteiger partial charge in [0.2, 0.25) is 11.8 Å². The normalized spacial score (nSPS) is 17.5. The van der Waals surface area contributed by atoms with E-state index in [4.69, 9.17) is 5.73 Å². The van der Waals surface area contributed by atoms with Crippen LogP contribution >= 0.6 is 0 Å². The maximum absolute atomic E-state index is 11.5. The second kappa shape index (κ2) is 7.26. The third-order valence-corrected chi connectivity index (χ3v) is 3.87. The first-order valence-corrected chi connectivity index (χ1v) is 7.04. The van der Waals surface area contributed by atoms with Gasteiger partial charge in [0.25, 0.3) is 0 Å². The summed E-state index contributed by atoms with van der Waals surface area (Å²) in [6, 6.07) is 0. The molecule has 1 saturated heterocycles. The number of nitrogens with zero attached hydrogens (tertiary/aromatic N) is 3. The van der Waals surface area contributed by atoms with E-state index in [1.807, 2.05) is 13.8 Å². The Morgan fingerprint density at radius 1 is 1.24 bits per heavy atom. The van der Waals surface area contributed by atoms with Crippen LogP contribution in [0.4, 0.5) is 0 Å². The van der Waals surface area contributed by atoms with Crippen molar-refractivity contribution in [3.8, 4) is 0 Å². The van der Waals surface area contributed by atoms with E-state index in [0.29, 0.717) is 5.96 Å². The molecule has 2 amide bonds. The number of guanidine groups is 1. The van der Waals surface area contributed by atoms with E-state index in [1.165, 1.54) is 0 Å². The Morgan fingerprint density at radius 2 is 1.81 bits per heavy atom. The third kappa shape index (κ3) is 4.32. The molecule has 0 aromatic carbocycles. The smallest absolute Gasteiger partial charge is 0.239 e. The summed E-state index contributed by atoms with van der Waals surface area (Å²) >= 11 is 0. The Bertz CT molecular complexity index is 413. The van der Waals surface area contributed by atoms with Crippen LogP contribution < -0.4 is 16.4 Å². The van der Waals surface area contributed by atoms with E-state index in [0.717, 1.165) is 26.2 Å². The summed E-state index contributed by atoms with van der Waals surface area (Å²) in [5.74, 6) is 0.276. The van der Waals surface area contributed by atoms with Gasteiger partial charge in [-0.3, -0.25) is 19.5 Å². The molecule has 1 rings (SSSR count). The second-order valence-electron chi connectivity index (χ2n) is 5.47. The Labute approximate surface area is 125 Å². The number of nitrogens with one attached hydrogen (secondary N) is 2. The van der Waals surface area contributed by atoms with Crippen LogP contribution in [0.3, 0.4) is 0 Å². The zero-order valence-corrected chi connectivity index (χ0v) is 13.3. The number of rotatable bonds is 4. The Morgan fingerprint density at radius 3 is 2.24 bits per heavy atom. The molecule has 8 heteroatoms. The highest BCUT2D eigenvalue weighted by Crippen LogP contribution is 2.16. The van der Waals surface area contributed by atoms with Crippen molar-refractivity contribution >= 4 is 17.8 Å². The second-order valence-corrected chi connectivity index (χ2v) is 5.47. The minimum Gasteiger partial charge on any atom is -0.368 e. The molecule has 0 spiro atoms. The van der Waals surface area contributed by atoms with Crippen molar-refractivity contribution in [1.29, 1.82) is 0 Å². The minimum atomic E-state index is -0.648. The first-order valence-electron chi connectivity index (χ1n) is 7.04. The molecule has 0 saturated carbocycles. The van der Waals surface area contributed by atoms with Crippen LogP contribution in [0.5, 0.6) is 0 Å². The van der Waals surface area contributed by atoms with Gasteiger partial charge in [-0.05, 0) is 13.8 Å². The number of carbonyl (C=O) groups excluding carboxylic acids is 2. The van der Waals surface area contributed by atoms with Crippen molar-refractivity contribution in [3.05, 3.63) is 0 Å². The molecule has 0 aromatic heterocycles. The van der Waals surface area contributed by atoms with Gasteiger partial charge in [0, 0.05) is 40.3 Å². The first-order chi connectivity index (χ1) is 9.82. The molecular formula is C13H26N6O2. The molecule has 0 radical (unpaired) electrons. The third-order valence-electron chi connectivity index (χ3n) is 3.87. The van der Waals surface area contributed by atoms with Crippen LogP contribution in [0.2, 0.25) is 0 Å². The molecule has 0 atom stereocenters. The van der Waals surface area contributed by atoms with E-state index in [-0.39, 0.29) is 18.4 Å². The maximum Gasteiger partial charge on any atom is 0.239 e. The van der Waals surface area contributed by atoms with Gasteiger partial charge in [0.1, 0.15) is 0 Å². The van der Waals surface area contributed by atoms with E-state index >= 15 is 0 Å². The van der Waals surface area contributed by atoms with E-state index in [1.54, 1.807) is 14.1 Å². The van der Waals surface area contributed by atoms with Crippen molar-refractivity contribution in [1.82, 2.24) is 20.4 Å². The molecule has 4 N–H and O–H groups in total. The van der Waals surface area contributed by atoms with Crippen LogP contribution in [0.25, 0.3) is 0 Å². The number of aliphatic imine (C=N–C) groups is 1. The standard InChI is InChI=1S/C13H26N6O2/c1-13(2,11(14)21)19-7-5-18(6-8-19)12(16-4)17-9-10(20)15-3/h5-9H2,1-4H3,(H2,14,21)(H,15,20)(H,16,17). The maximum atomic E-state index is 11.5. The fraction of sp³-hybridized carbons (Fsp3) is 0.769. The molecular weight excluding hydrogens is 272 g/mol. The van der Waals surface area contributed by atoms with Gasteiger partial charge in [-0.1, -0.05) is 0 Å². The Balaban J connectivity index is 2.55. The van der Waals surface area contributed by atoms with Crippen molar-refractivity contribution < 1.29 is 9.59 Å². The molecule has 8 nitrogen and oxygen atoms in total.